The minimum Gasteiger partial charge on any atom is -0.319 e. The first-order valence-corrected chi connectivity index (χ1v) is 5.78. The number of hydrogen-bond donors (Lipinski definition) is 1. The second-order valence-corrected chi connectivity index (χ2v) is 4.01. The van der Waals surface area contributed by atoms with Crippen LogP contribution in [0.25, 0.3) is 0 Å². The Bertz CT molecular complexity index is 271. The Morgan fingerprint density at radius 2 is 2.15 bits per heavy atom. The smallest absolute Gasteiger partial charge is 0.00985 e. The average molecular weight is 195 g/mol. The predicted octanol–water partition coefficient (Wildman–Crippen LogP) is 2.48. The van der Waals surface area contributed by atoms with Crippen LogP contribution in [0.2, 0.25) is 0 Å². The van der Waals surface area contributed by atoms with Crippen LogP contribution in [0.4, 0.5) is 0 Å². The molecule has 0 saturated heterocycles. The summed E-state index contributed by atoms with van der Waals surface area (Å²) in [6.07, 6.45) is 3.24. The summed E-state index contributed by atoms with van der Waals surface area (Å²) < 4.78 is 0. The lowest BCUT2D eigenvalue weighted by Gasteiger charge is -2.05. The lowest BCUT2D eigenvalue weighted by Crippen LogP contribution is -2.10. The van der Waals surface area contributed by atoms with Crippen LogP contribution >= 0.6 is 11.8 Å². The van der Waals surface area contributed by atoms with Crippen LogP contribution in [0.3, 0.4) is 0 Å². The van der Waals surface area contributed by atoms with Gasteiger partial charge in [-0.15, -0.1) is 11.8 Å². The molecule has 0 atom stereocenters. The third kappa shape index (κ3) is 3.05. The van der Waals surface area contributed by atoms with Gasteiger partial charge in [-0.1, -0.05) is 12.1 Å². The van der Waals surface area contributed by atoms with Gasteiger partial charge in [0, 0.05) is 4.90 Å². The van der Waals surface area contributed by atoms with Crippen molar-refractivity contribution in [3.05, 3.63) is 29.3 Å². The van der Waals surface area contributed by atoms with Crippen LogP contribution in [0.1, 0.15) is 11.1 Å². The number of thioether (sulfide) groups is 1. The molecular formula is C11H17NS. The summed E-state index contributed by atoms with van der Waals surface area (Å²) in [5.74, 6) is 0. The topological polar surface area (TPSA) is 12.0 Å². The van der Waals surface area contributed by atoms with Crippen LogP contribution < -0.4 is 5.32 Å². The minimum atomic E-state index is 1.05. The van der Waals surface area contributed by atoms with Crippen molar-refractivity contribution in [1.29, 1.82) is 0 Å². The van der Waals surface area contributed by atoms with Gasteiger partial charge >= 0.3 is 0 Å². The second kappa shape index (κ2) is 5.30. The monoisotopic (exact) mass is 195 g/mol. The Balaban J connectivity index is 2.71. The number of nitrogens with one attached hydrogen (secondary N) is 1. The van der Waals surface area contributed by atoms with E-state index in [1.165, 1.54) is 16.0 Å². The van der Waals surface area contributed by atoms with Crippen molar-refractivity contribution >= 4 is 11.8 Å². The van der Waals surface area contributed by atoms with Crippen LogP contribution in [0.15, 0.2) is 23.1 Å². The maximum atomic E-state index is 3.16. The van der Waals surface area contributed by atoms with Gasteiger partial charge in [-0.2, -0.15) is 0 Å². The Hall–Kier alpha value is -0.470. The van der Waals surface area contributed by atoms with Gasteiger partial charge < -0.3 is 5.32 Å². The highest BCUT2D eigenvalue weighted by atomic mass is 32.2. The summed E-state index contributed by atoms with van der Waals surface area (Å²) >= 11 is 1.81. The van der Waals surface area contributed by atoms with E-state index in [4.69, 9.17) is 0 Å². The highest BCUT2D eigenvalue weighted by Crippen LogP contribution is 2.20. The van der Waals surface area contributed by atoms with Crippen LogP contribution in [0.5, 0.6) is 0 Å². The van der Waals surface area contributed by atoms with E-state index in [0.29, 0.717) is 0 Å². The number of hydrogen-bond acceptors (Lipinski definition) is 2. The van der Waals surface area contributed by atoms with Crippen molar-refractivity contribution in [3.63, 3.8) is 0 Å². The number of benzene rings is 1. The molecule has 0 amide bonds. The molecule has 2 heteroatoms. The zero-order valence-corrected chi connectivity index (χ0v) is 9.37. The van der Waals surface area contributed by atoms with Gasteiger partial charge in [-0.25, -0.2) is 0 Å². The van der Waals surface area contributed by atoms with Gasteiger partial charge in [0.2, 0.25) is 0 Å². The van der Waals surface area contributed by atoms with E-state index in [1.54, 1.807) is 0 Å². The van der Waals surface area contributed by atoms with E-state index < -0.39 is 0 Å². The first kappa shape index (κ1) is 10.6. The third-order valence-electron chi connectivity index (χ3n) is 2.12. The minimum absolute atomic E-state index is 1.05. The van der Waals surface area contributed by atoms with E-state index in [-0.39, 0.29) is 0 Å². The molecule has 0 aliphatic rings. The maximum Gasteiger partial charge on any atom is 0.00985 e. The Morgan fingerprint density at radius 3 is 2.69 bits per heavy atom. The fourth-order valence-electron chi connectivity index (χ4n) is 1.37. The highest BCUT2D eigenvalue weighted by Gasteiger charge is 1.97. The van der Waals surface area contributed by atoms with E-state index >= 15 is 0 Å². The van der Waals surface area contributed by atoms with Gasteiger partial charge in [-0.3, -0.25) is 0 Å². The van der Waals surface area contributed by atoms with Crippen LogP contribution in [-0.4, -0.2) is 19.8 Å². The van der Waals surface area contributed by atoms with Crippen molar-refractivity contribution in [2.75, 3.05) is 19.8 Å². The largest absolute Gasteiger partial charge is 0.319 e. The van der Waals surface area contributed by atoms with Crippen molar-refractivity contribution in [2.45, 2.75) is 18.2 Å². The van der Waals surface area contributed by atoms with Crippen molar-refractivity contribution in [2.24, 2.45) is 0 Å². The number of rotatable bonds is 4. The predicted molar refractivity (Wildman–Crippen MR) is 60.6 cm³/mol. The highest BCUT2D eigenvalue weighted by molar-refractivity contribution is 7.98. The molecule has 0 saturated carbocycles. The average Bonchev–Trinajstić information content (AvgIpc) is 2.15. The molecule has 1 N–H and O–H groups in total. The van der Waals surface area contributed by atoms with Crippen LogP contribution in [0, 0.1) is 6.92 Å². The Kier molecular flexibility index (Phi) is 4.33. The van der Waals surface area contributed by atoms with Gasteiger partial charge in [0.1, 0.15) is 0 Å². The fourth-order valence-corrected chi connectivity index (χ4v) is 1.95. The summed E-state index contributed by atoms with van der Waals surface area (Å²) in [6.45, 7) is 3.23. The molecule has 13 heavy (non-hydrogen) atoms. The van der Waals surface area contributed by atoms with Crippen molar-refractivity contribution in [3.8, 4) is 0 Å². The molecule has 1 rings (SSSR count). The molecule has 0 unspecified atom stereocenters. The Morgan fingerprint density at radius 1 is 1.38 bits per heavy atom. The van der Waals surface area contributed by atoms with Gasteiger partial charge in [0.25, 0.3) is 0 Å². The first-order chi connectivity index (χ1) is 6.27. The Labute approximate surface area is 84.9 Å². The normalized spacial score (nSPS) is 10.4. The summed E-state index contributed by atoms with van der Waals surface area (Å²) in [5, 5.41) is 3.16. The molecule has 72 valence electrons. The SMILES string of the molecule is CNCCc1ccc(SC)c(C)c1. The molecule has 1 aromatic carbocycles. The molecule has 0 fully saturated rings. The molecule has 0 spiro atoms. The van der Waals surface area contributed by atoms with Crippen molar-refractivity contribution in [1.82, 2.24) is 5.32 Å². The van der Waals surface area contributed by atoms with Gasteiger partial charge in [-0.05, 0) is 50.4 Å². The summed E-state index contributed by atoms with van der Waals surface area (Å²) in [4.78, 5) is 1.38. The molecule has 1 aromatic rings. The first-order valence-electron chi connectivity index (χ1n) is 4.56. The maximum absolute atomic E-state index is 3.16. The molecule has 0 aliphatic heterocycles. The number of likely N-dealkylation sites (N-methyl/N-ethyl adjacent to an activating group) is 1. The van der Waals surface area contributed by atoms with E-state index in [2.05, 4.69) is 36.7 Å². The van der Waals surface area contributed by atoms with E-state index in [9.17, 15) is 0 Å². The second-order valence-electron chi connectivity index (χ2n) is 3.16. The van der Waals surface area contributed by atoms with Gasteiger partial charge in [0.15, 0.2) is 0 Å². The molecule has 0 bridgehead atoms. The molecular weight excluding hydrogens is 178 g/mol. The quantitative estimate of drug-likeness (QED) is 0.741. The zero-order chi connectivity index (χ0) is 9.68. The lowest BCUT2D eigenvalue weighted by atomic mass is 10.1. The molecule has 0 radical (unpaired) electrons. The van der Waals surface area contributed by atoms with Crippen molar-refractivity contribution < 1.29 is 0 Å². The molecule has 0 heterocycles. The molecule has 0 aliphatic carbocycles. The molecule has 1 nitrogen and oxygen atoms in total. The lowest BCUT2D eigenvalue weighted by molar-refractivity contribution is 0.790. The molecule has 0 aromatic heterocycles. The summed E-state index contributed by atoms with van der Waals surface area (Å²) in [7, 11) is 1.99. The van der Waals surface area contributed by atoms with Crippen LogP contribution in [-0.2, 0) is 6.42 Å². The van der Waals surface area contributed by atoms with E-state index in [0.717, 1.165) is 13.0 Å². The van der Waals surface area contributed by atoms with Gasteiger partial charge in [0.05, 0.1) is 0 Å². The third-order valence-corrected chi connectivity index (χ3v) is 3.02. The summed E-state index contributed by atoms with van der Waals surface area (Å²) in [5.41, 5.74) is 2.81. The standard InChI is InChI=1S/C11H17NS/c1-9-8-10(6-7-12-2)4-5-11(9)13-3/h4-5,8,12H,6-7H2,1-3H3. The summed E-state index contributed by atoms with van der Waals surface area (Å²) in [6, 6.07) is 6.71. The number of aryl methyl sites for hydroxylation is 1. The fraction of sp³-hybridized carbons (Fsp3) is 0.455. The van der Waals surface area contributed by atoms with E-state index in [1.807, 2.05) is 18.8 Å². The zero-order valence-electron chi connectivity index (χ0n) is 8.55.